The van der Waals surface area contributed by atoms with E-state index in [0.717, 1.165) is 0 Å². The number of hydrogen-bond acceptors (Lipinski definition) is 7. The summed E-state index contributed by atoms with van der Waals surface area (Å²) in [5, 5.41) is 13.4. The number of carbonyl (C=O) groups is 2. The third-order valence-electron chi connectivity index (χ3n) is 4.88. The largest absolute Gasteiger partial charge is 0.506 e. The molecule has 12 heteroatoms. The second kappa shape index (κ2) is 8.30. The molecule has 0 aliphatic carbocycles. The number of amides is 2. The number of ether oxygens (including phenoxy) is 1. The Bertz CT molecular complexity index is 1040. The van der Waals surface area contributed by atoms with E-state index in [4.69, 9.17) is 4.74 Å². The van der Waals surface area contributed by atoms with Gasteiger partial charge in [-0.1, -0.05) is 13.8 Å². The highest BCUT2D eigenvalue weighted by Gasteiger charge is 2.40. The standard InChI is InChI=1S/C20H29FN4O6S/c1-11(2)8-24(19(28)31-20(3,4)5)9-12-6-13-14(22-12)7-15(26)18(17(13)21)25-10-16(27)23-32(25,29)30/h7,11-12,22,26H,6,8-10H2,1-5H3,(H,23,27)/t12-/m1/s1. The molecule has 2 amide bonds. The van der Waals surface area contributed by atoms with Gasteiger partial charge >= 0.3 is 16.3 Å². The average Bonchev–Trinajstić information content (AvgIpc) is 3.12. The third kappa shape index (κ3) is 5.00. The maximum absolute atomic E-state index is 15.3. The quantitative estimate of drug-likeness (QED) is 0.597. The highest BCUT2D eigenvalue weighted by atomic mass is 32.2. The minimum absolute atomic E-state index is 0.154. The van der Waals surface area contributed by atoms with Crippen molar-refractivity contribution >= 4 is 33.6 Å². The predicted molar refractivity (Wildman–Crippen MR) is 116 cm³/mol. The Kier molecular flexibility index (Phi) is 6.20. The number of benzene rings is 1. The molecule has 1 aromatic rings. The second-order valence-corrected chi connectivity index (χ2v) is 11.0. The van der Waals surface area contributed by atoms with Gasteiger partial charge in [0.1, 0.15) is 23.6 Å². The molecule has 2 heterocycles. The molecule has 0 bridgehead atoms. The van der Waals surface area contributed by atoms with Gasteiger partial charge < -0.3 is 20.1 Å². The number of fused-ring (bicyclic) bond motifs is 1. The first kappa shape index (κ1) is 23.9. The lowest BCUT2D eigenvalue weighted by atomic mass is 10.1. The third-order valence-corrected chi connectivity index (χ3v) is 6.26. The lowest BCUT2D eigenvalue weighted by molar-refractivity contribution is -0.117. The normalized spacial score (nSPS) is 19.5. The molecule has 3 N–H and O–H groups in total. The van der Waals surface area contributed by atoms with Crippen LogP contribution in [0.25, 0.3) is 0 Å². The summed E-state index contributed by atoms with van der Waals surface area (Å²) < 4.78 is 47.3. The van der Waals surface area contributed by atoms with Gasteiger partial charge in [0.05, 0.1) is 0 Å². The highest BCUT2D eigenvalue weighted by molar-refractivity contribution is 7.92. The number of phenolic OH excluding ortho intramolecular Hbond substituents is 1. The van der Waals surface area contributed by atoms with Crippen LogP contribution in [0.5, 0.6) is 5.75 Å². The van der Waals surface area contributed by atoms with E-state index < -0.39 is 51.6 Å². The number of rotatable bonds is 5. The zero-order chi connectivity index (χ0) is 24.0. The van der Waals surface area contributed by atoms with Crippen LogP contribution in [0.3, 0.4) is 0 Å². The number of hydrogen-bond donors (Lipinski definition) is 3. The van der Waals surface area contributed by atoms with Gasteiger partial charge in [-0.2, -0.15) is 8.42 Å². The van der Waals surface area contributed by atoms with Crippen LogP contribution in [0.4, 0.5) is 20.6 Å². The molecule has 0 unspecified atom stereocenters. The van der Waals surface area contributed by atoms with E-state index in [1.54, 1.807) is 30.4 Å². The van der Waals surface area contributed by atoms with Gasteiger partial charge in [-0.05, 0) is 33.1 Å². The van der Waals surface area contributed by atoms with E-state index in [2.05, 4.69) is 5.32 Å². The van der Waals surface area contributed by atoms with Crippen molar-refractivity contribution in [1.82, 2.24) is 9.62 Å². The summed E-state index contributed by atoms with van der Waals surface area (Å²) in [6, 6.07) is 0.849. The second-order valence-electron chi connectivity index (χ2n) is 9.45. The van der Waals surface area contributed by atoms with Gasteiger partial charge in [0.15, 0.2) is 5.82 Å². The van der Waals surface area contributed by atoms with E-state index in [1.165, 1.54) is 6.07 Å². The van der Waals surface area contributed by atoms with Gasteiger partial charge in [-0.3, -0.25) is 4.79 Å². The van der Waals surface area contributed by atoms with E-state index in [0.29, 0.717) is 16.5 Å². The fourth-order valence-corrected chi connectivity index (χ4v) is 4.93. The summed E-state index contributed by atoms with van der Waals surface area (Å²) in [7, 11) is -4.28. The van der Waals surface area contributed by atoms with Crippen molar-refractivity contribution in [2.24, 2.45) is 5.92 Å². The van der Waals surface area contributed by atoms with Crippen molar-refractivity contribution in [1.29, 1.82) is 0 Å². The van der Waals surface area contributed by atoms with Gasteiger partial charge in [0.2, 0.25) is 0 Å². The first-order valence-corrected chi connectivity index (χ1v) is 11.7. The molecule has 1 saturated heterocycles. The molecule has 2 aliphatic rings. The number of nitrogens with one attached hydrogen (secondary N) is 2. The highest BCUT2D eigenvalue weighted by Crippen LogP contribution is 2.42. The molecule has 0 saturated carbocycles. The van der Waals surface area contributed by atoms with Crippen LogP contribution >= 0.6 is 0 Å². The first-order valence-electron chi connectivity index (χ1n) is 10.3. The molecular weight excluding hydrogens is 443 g/mol. The summed E-state index contributed by atoms with van der Waals surface area (Å²) >= 11 is 0. The van der Waals surface area contributed by atoms with Crippen LogP contribution in [0, 0.1) is 11.7 Å². The number of phenols is 1. The number of aromatic hydroxyl groups is 1. The smallest absolute Gasteiger partial charge is 0.410 e. The minimum Gasteiger partial charge on any atom is -0.506 e. The average molecular weight is 473 g/mol. The fraction of sp³-hybridized carbons (Fsp3) is 0.600. The number of nitrogens with zero attached hydrogens (tertiary/aromatic N) is 2. The van der Waals surface area contributed by atoms with Gasteiger partial charge in [-0.15, -0.1) is 0 Å². The maximum Gasteiger partial charge on any atom is 0.410 e. The molecule has 32 heavy (non-hydrogen) atoms. The molecule has 10 nitrogen and oxygen atoms in total. The summed E-state index contributed by atoms with van der Waals surface area (Å²) in [5.74, 6) is -2.19. The van der Waals surface area contributed by atoms with Gasteiger partial charge in [0, 0.05) is 36.4 Å². The van der Waals surface area contributed by atoms with Crippen LogP contribution in [0.15, 0.2) is 6.07 Å². The summed E-state index contributed by atoms with van der Waals surface area (Å²) in [4.78, 5) is 25.7. The Morgan fingerprint density at radius 3 is 2.59 bits per heavy atom. The van der Waals surface area contributed by atoms with Crippen molar-refractivity contribution in [3.8, 4) is 5.75 Å². The number of halogens is 1. The first-order chi connectivity index (χ1) is 14.7. The zero-order valence-corrected chi connectivity index (χ0v) is 19.5. The summed E-state index contributed by atoms with van der Waals surface area (Å²) in [6.45, 7) is 9.27. The summed E-state index contributed by atoms with van der Waals surface area (Å²) in [6.07, 6.45) is -0.332. The molecular formula is C20H29FN4O6S. The van der Waals surface area contributed by atoms with Crippen LogP contribution in [0.2, 0.25) is 0 Å². The number of carbonyl (C=O) groups excluding carboxylic acids is 2. The van der Waals surface area contributed by atoms with Crippen LogP contribution in [-0.4, -0.2) is 61.7 Å². The number of anilines is 2. The molecule has 1 atom stereocenters. The van der Waals surface area contributed by atoms with E-state index in [9.17, 15) is 23.1 Å². The Hall–Kier alpha value is -2.76. The monoisotopic (exact) mass is 472 g/mol. The topological polar surface area (TPSA) is 128 Å². The summed E-state index contributed by atoms with van der Waals surface area (Å²) in [5.41, 5.74) is -0.766. The SMILES string of the molecule is CC(C)CN(C[C@H]1Cc2c(cc(O)c(N3CC(=O)NS3(=O)=O)c2F)N1)C(=O)OC(C)(C)C. The van der Waals surface area contributed by atoms with E-state index >= 15 is 4.39 Å². The van der Waals surface area contributed by atoms with Gasteiger partial charge in [-0.25, -0.2) is 18.2 Å². The Balaban J connectivity index is 1.84. The van der Waals surface area contributed by atoms with Crippen molar-refractivity contribution in [3.63, 3.8) is 0 Å². The van der Waals surface area contributed by atoms with Crippen molar-refractivity contribution in [3.05, 3.63) is 17.4 Å². The van der Waals surface area contributed by atoms with Crippen LogP contribution in [0.1, 0.15) is 40.2 Å². The van der Waals surface area contributed by atoms with Crippen LogP contribution < -0.4 is 14.3 Å². The Morgan fingerprint density at radius 1 is 1.41 bits per heavy atom. The van der Waals surface area contributed by atoms with Crippen molar-refractivity contribution < 1.29 is 32.2 Å². The molecule has 0 radical (unpaired) electrons. The maximum atomic E-state index is 15.3. The molecule has 0 aromatic heterocycles. The van der Waals surface area contributed by atoms with E-state index in [-0.39, 0.29) is 30.5 Å². The fourth-order valence-electron chi connectivity index (χ4n) is 3.76. The molecule has 3 rings (SSSR count). The lowest BCUT2D eigenvalue weighted by Crippen LogP contribution is -2.44. The lowest BCUT2D eigenvalue weighted by Gasteiger charge is -2.30. The predicted octanol–water partition coefficient (Wildman–Crippen LogP) is 1.94. The molecule has 2 aliphatic heterocycles. The van der Waals surface area contributed by atoms with Crippen LogP contribution in [-0.2, 0) is 26.2 Å². The molecule has 1 fully saturated rings. The molecule has 178 valence electrons. The van der Waals surface area contributed by atoms with Gasteiger partial charge in [0.25, 0.3) is 5.91 Å². The molecule has 1 aromatic carbocycles. The van der Waals surface area contributed by atoms with E-state index in [1.807, 2.05) is 13.8 Å². The van der Waals surface area contributed by atoms with Crippen molar-refractivity contribution in [2.75, 3.05) is 29.3 Å². The van der Waals surface area contributed by atoms with Crippen molar-refractivity contribution in [2.45, 2.75) is 52.7 Å². The zero-order valence-electron chi connectivity index (χ0n) is 18.7. The Morgan fingerprint density at radius 2 is 2.06 bits per heavy atom. The molecule has 0 spiro atoms. The minimum atomic E-state index is -4.28. The Labute approximate surface area is 186 Å².